The predicted molar refractivity (Wildman–Crippen MR) is 101 cm³/mol. The Morgan fingerprint density at radius 3 is 2.88 bits per heavy atom. The molecule has 7 heteroatoms. The number of carbonyl (C=O) groups is 1. The standard InChI is InChI=1S/C19H25N5OS/c1-13(26-19-21-22-23-24(19)15-9-3-4-10-15)18(25)20-17-12-6-8-14-7-2-5-11-16(14)17/h2,5,7,11,13,15,17H,3-4,6,8-10,12H2,1H3,(H,20,25)/t13-,17+/m1/s1. The van der Waals surface area contributed by atoms with Crippen molar-refractivity contribution in [2.75, 3.05) is 0 Å². The summed E-state index contributed by atoms with van der Waals surface area (Å²) in [5, 5.41) is 15.9. The zero-order chi connectivity index (χ0) is 17.9. The van der Waals surface area contributed by atoms with E-state index in [1.165, 1.54) is 35.7 Å². The average Bonchev–Trinajstić information content (AvgIpc) is 3.33. The van der Waals surface area contributed by atoms with E-state index in [0.717, 1.165) is 37.3 Å². The van der Waals surface area contributed by atoms with Gasteiger partial charge in [0.05, 0.1) is 17.3 Å². The summed E-state index contributed by atoms with van der Waals surface area (Å²) in [4.78, 5) is 12.8. The third kappa shape index (κ3) is 3.63. The lowest BCUT2D eigenvalue weighted by Crippen LogP contribution is -2.36. The lowest BCUT2D eigenvalue weighted by molar-refractivity contribution is -0.121. The summed E-state index contributed by atoms with van der Waals surface area (Å²) in [7, 11) is 0. The number of nitrogens with one attached hydrogen (secondary N) is 1. The SMILES string of the molecule is C[C@@H](Sc1nnnn1C1CCCC1)C(=O)N[C@H]1CCCc2ccccc21. The molecule has 138 valence electrons. The van der Waals surface area contributed by atoms with Crippen molar-refractivity contribution in [3.63, 3.8) is 0 Å². The number of aromatic nitrogens is 4. The molecule has 2 aliphatic rings. The fourth-order valence-electron chi connectivity index (χ4n) is 4.05. The lowest BCUT2D eigenvalue weighted by Gasteiger charge is -2.27. The first-order chi connectivity index (χ1) is 12.7. The number of nitrogens with zero attached hydrogens (tertiary/aromatic N) is 4. The molecule has 1 aromatic heterocycles. The van der Waals surface area contributed by atoms with Crippen LogP contribution in [0.1, 0.15) is 68.7 Å². The zero-order valence-electron chi connectivity index (χ0n) is 15.1. The van der Waals surface area contributed by atoms with Gasteiger partial charge in [-0.05, 0) is 60.6 Å². The van der Waals surface area contributed by atoms with Gasteiger partial charge in [0.2, 0.25) is 11.1 Å². The molecule has 2 atom stereocenters. The minimum atomic E-state index is -0.227. The molecular formula is C19H25N5OS. The van der Waals surface area contributed by atoms with E-state index in [2.05, 4.69) is 45.1 Å². The molecule has 1 aromatic carbocycles. The van der Waals surface area contributed by atoms with Crippen LogP contribution in [-0.4, -0.2) is 31.4 Å². The van der Waals surface area contributed by atoms with Gasteiger partial charge >= 0.3 is 0 Å². The van der Waals surface area contributed by atoms with E-state index < -0.39 is 0 Å². The maximum atomic E-state index is 12.8. The monoisotopic (exact) mass is 371 g/mol. The highest BCUT2D eigenvalue weighted by molar-refractivity contribution is 8.00. The lowest BCUT2D eigenvalue weighted by atomic mass is 9.88. The summed E-state index contributed by atoms with van der Waals surface area (Å²) in [6, 6.07) is 8.93. The first kappa shape index (κ1) is 17.5. The van der Waals surface area contributed by atoms with Crippen LogP contribution in [0.5, 0.6) is 0 Å². The molecule has 1 amide bonds. The molecule has 0 unspecified atom stereocenters. The second-order valence-corrected chi connectivity index (χ2v) is 8.56. The normalized spacial score (nSPS) is 21.3. The Morgan fingerprint density at radius 2 is 2.04 bits per heavy atom. The van der Waals surface area contributed by atoms with Gasteiger partial charge in [-0.1, -0.05) is 48.9 Å². The molecule has 2 aromatic rings. The van der Waals surface area contributed by atoms with Gasteiger partial charge in [-0.15, -0.1) is 5.10 Å². The number of carbonyl (C=O) groups excluding carboxylic acids is 1. The molecule has 1 fully saturated rings. The highest BCUT2D eigenvalue weighted by Gasteiger charge is 2.27. The second-order valence-electron chi connectivity index (χ2n) is 7.26. The first-order valence-corrected chi connectivity index (χ1v) is 10.4. The van der Waals surface area contributed by atoms with E-state index in [0.29, 0.717) is 6.04 Å². The number of rotatable bonds is 5. The number of fused-ring (bicyclic) bond motifs is 1. The van der Waals surface area contributed by atoms with Gasteiger partial charge in [0, 0.05) is 0 Å². The van der Waals surface area contributed by atoms with Crippen LogP contribution in [0.25, 0.3) is 0 Å². The van der Waals surface area contributed by atoms with E-state index in [9.17, 15) is 4.79 Å². The number of benzene rings is 1. The van der Waals surface area contributed by atoms with Crippen molar-refractivity contribution in [2.45, 2.75) is 74.4 Å². The number of hydrogen-bond donors (Lipinski definition) is 1. The number of aryl methyl sites for hydroxylation is 1. The van der Waals surface area contributed by atoms with E-state index in [4.69, 9.17) is 0 Å². The molecule has 1 saturated carbocycles. The van der Waals surface area contributed by atoms with Crippen molar-refractivity contribution in [3.05, 3.63) is 35.4 Å². The summed E-state index contributed by atoms with van der Waals surface area (Å²) in [5.41, 5.74) is 2.62. The quantitative estimate of drug-likeness (QED) is 0.815. The van der Waals surface area contributed by atoms with Crippen LogP contribution >= 0.6 is 11.8 Å². The smallest absolute Gasteiger partial charge is 0.233 e. The molecule has 1 N–H and O–H groups in total. The van der Waals surface area contributed by atoms with Crippen LogP contribution in [0.4, 0.5) is 0 Å². The minimum absolute atomic E-state index is 0.0534. The van der Waals surface area contributed by atoms with Crippen molar-refractivity contribution in [1.82, 2.24) is 25.5 Å². The van der Waals surface area contributed by atoms with Gasteiger partial charge in [-0.25, -0.2) is 4.68 Å². The van der Waals surface area contributed by atoms with Crippen LogP contribution in [0.3, 0.4) is 0 Å². The van der Waals surface area contributed by atoms with E-state index in [1.54, 1.807) is 0 Å². The third-order valence-corrected chi connectivity index (χ3v) is 6.52. The van der Waals surface area contributed by atoms with Gasteiger partial charge in [-0.2, -0.15) is 0 Å². The molecule has 6 nitrogen and oxygen atoms in total. The number of hydrogen-bond acceptors (Lipinski definition) is 5. The van der Waals surface area contributed by atoms with E-state index >= 15 is 0 Å². The average molecular weight is 372 g/mol. The predicted octanol–water partition coefficient (Wildman–Crippen LogP) is 3.46. The van der Waals surface area contributed by atoms with Gasteiger partial charge < -0.3 is 5.32 Å². The van der Waals surface area contributed by atoms with Crippen LogP contribution in [0.15, 0.2) is 29.4 Å². The molecule has 0 aliphatic heterocycles. The molecule has 0 saturated heterocycles. The Hall–Kier alpha value is -1.89. The fourth-order valence-corrected chi connectivity index (χ4v) is 4.91. The van der Waals surface area contributed by atoms with Gasteiger partial charge in [0.1, 0.15) is 0 Å². The Balaban J connectivity index is 1.41. The van der Waals surface area contributed by atoms with E-state index in [-0.39, 0.29) is 17.2 Å². The maximum Gasteiger partial charge on any atom is 0.233 e. The topological polar surface area (TPSA) is 72.7 Å². The van der Waals surface area contributed by atoms with Crippen LogP contribution in [0.2, 0.25) is 0 Å². The van der Waals surface area contributed by atoms with Crippen LogP contribution in [-0.2, 0) is 11.2 Å². The van der Waals surface area contributed by atoms with Crippen molar-refractivity contribution >= 4 is 17.7 Å². The maximum absolute atomic E-state index is 12.8. The van der Waals surface area contributed by atoms with E-state index in [1.807, 2.05) is 11.6 Å². The Morgan fingerprint density at radius 1 is 1.23 bits per heavy atom. The molecule has 26 heavy (non-hydrogen) atoms. The number of thioether (sulfide) groups is 1. The molecule has 0 radical (unpaired) electrons. The molecule has 0 bridgehead atoms. The fraction of sp³-hybridized carbons (Fsp3) is 0.579. The van der Waals surface area contributed by atoms with Crippen molar-refractivity contribution < 1.29 is 4.79 Å². The van der Waals surface area contributed by atoms with Crippen LogP contribution < -0.4 is 5.32 Å². The number of amides is 1. The van der Waals surface area contributed by atoms with Gasteiger partial charge in [0.25, 0.3) is 0 Å². The largest absolute Gasteiger partial charge is 0.348 e. The highest BCUT2D eigenvalue weighted by atomic mass is 32.2. The third-order valence-electron chi connectivity index (χ3n) is 5.47. The minimum Gasteiger partial charge on any atom is -0.348 e. The highest BCUT2D eigenvalue weighted by Crippen LogP contribution is 2.33. The summed E-state index contributed by atoms with van der Waals surface area (Å²) >= 11 is 1.46. The summed E-state index contributed by atoms with van der Waals surface area (Å²) in [5.74, 6) is 0.0534. The van der Waals surface area contributed by atoms with Gasteiger partial charge in [-0.3, -0.25) is 4.79 Å². The van der Waals surface area contributed by atoms with Crippen molar-refractivity contribution in [3.8, 4) is 0 Å². The summed E-state index contributed by atoms with van der Waals surface area (Å²) < 4.78 is 1.91. The molecule has 4 rings (SSSR count). The van der Waals surface area contributed by atoms with Gasteiger partial charge in [0.15, 0.2) is 0 Å². The summed E-state index contributed by atoms with van der Waals surface area (Å²) in [6.07, 6.45) is 7.92. The Labute approximate surface area is 158 Å². The Kier molecular flexibility index (Phi) is 5.24. The molecular weight excluding hydrogens is 346 g/mol. The molecule has 2 aliphatic carbocycles. The summed E-state index contributed by atoms with van der Waals surface area (Å²) in [6.45, 7) is 1.93. The molecule has 0 spiro atoms. The van der Waals surface area contributed by atoms with Crippen LogP contribution in [0, 0.1) is 0 Å². The first-order valence-electron chi connectivity index (χ1n) is 9.55. The van der Waals surface area contributed by atoms with Crippen molar-refractivity contribution in [1.29, 1.82) is 0 Å². The zero-order valence-corrected chi connectivity index (χ0v) is 15.9. The Bertz CT molecular complexity index is 771. The second kappa shape index (κ2) is 7.78. The molecule has 1 heterocycles. The number of tetrazole rings is 1. The van der Waals surface area contributed by atoms with Crippen molar-refractivity contribution in [2.24, 2.45) is 0 Å².